The number of halogens is 5. The summed E-state index contributed by atoms with van der Waals surface area (Å²) < 4.78 is 66.4. The van der Waals surface area contributed by atoms with Crippen molar-refractivity contribution in [1.82, 2.24) is 20.0 Å². The van der Waals surface area contributed by atoms with Crippen LogP contribution in [0, 0.1) is 23.3 Å². The van der Waals surface area contributed by atoms with Crippen molar-refractivity contribution in [2.45, 2.75) is 101 Å². The highest BCUT2D eigenvalue weighted by Gasteiger charge is 2.36. The first-order valence-electron chi connectivity index (χ1n) is 28.3. The first-order valence-corrected chi connectivity index (χ1v) is 28.3. The zero-order chi connectivity index (χ0) is 58.1. The van der Waals surface area contributed by atoms with E-state index >= 15 is 0 Å². The number of rotatable bonds is 18. The van der Waals surface area contributed by atoms with Crippen LogP contribution in [0.25, 0.3) is 22.3 Å². The van der Waals surface area contributed by atoms with Crippen molar-refractivity contribution in [2.24, 2.45) is 10.3 Å². The largest absolute Gasteiger partial charge is 0.487 e. The molecule has 4 N–H and O–H groups in total. The summed E-state index contributed by atoms with van der Waals surface area (Å²) >= 11 is 0. The Balaban J connectivity index is 0.000000166. The standard InChI is InChI=1S/C32H33F2N3O4.C17H25FN2O2.C15H10FNO3.HI/c1-36(32(39)30-26-12-6-21(16-23(26)19-40-35-30)20-4-8-24(33)9-5-20)28(18-37-14-2-3-15-37)31(38)22-7-13-29(27(34)17-22)41-25-10-11-25;1-19-15(11-20-8-2-3-9-20)17(21)12-4-7-16(14(18)10-12)22-13-5-6-13;16-12-4-1-9(2-5-12)10-3-6-13-11(7-10)8-20-17-14(13)15(18)19;/h4-9,12-13,16-17,25,28,31,38H,2-3,10-11,14-15,18-19H2,1H3;4,7,10,13,15,17,19,21H,2-3,5-6,8-9,11H2,1H3;1-7H,8H2,(H,18,19);1H/t28-,31-;15-,17-;;/m11../s1. The second-order valence-electron chi connectivity index (χ2n) is 21.8. The highest BCUT2D eigenvalue weighted by atomic mass is 127. The van der Waals surface area contributed by atoms with E-state index < -0.39 is 35.9 Å². The number of nitrogens with zero attached hydrogens (tertiary/aromatic N) is 5. The quantitative estimate of drug-likeness (QED) is 0.0474. The molecule has 84 heavy (non-hydrogen) atoms. The molecule has 2 saturated heterocycles. The fourth-order valence-corrected chi connectivity index (χ4v) is 10.6. The van der Waals surface area contributed by atoms with E-state index in [0.29, 0.717) is 34.5 Å². The second kappa shape index (κ2) is 28.3. The first kappa shape index (κ1) is 61.6. The number of hydrogen-bond donors (Lipinski definition) is 4. The lowest BCUT2D eigenvalue weighted by molar-refractivity contribution is -0.129. The number of likely N-dealkylation sites (tertiary alicyclic amines) is 2. The summed E-state index contributed by atoms with van der Waals surface area (Å²) in [6.45, 7) is 5.51. The Morgan fingerprint density at radius 3 is 1.48 bits per heavy atom. The Labute approximate surface area is 502 Å². The summed E-state index contributed by atoms with van der Waals surface area (Å²) in [5.41, 5.74) is 7.17. The van der Waals surface area contributed by atoms with Crippen LogP contribution in [0.4, 0.5) is 17.6 Å². The summed E-state index contributed by atoms with van der Waals surface area (Å²) in [5, 5.41) is 41.9. The molecule has 20 heteroatoms. The van der Waals surface area contributed by atoms with Gasteiger partial charge in [-0.2, -0.15) is 0 Å². The van der Waals surface area contributed by atoms with Gasteiger partial charge in [-0.3, -0.25) is 4.79 Å². The smallest absolute Gasteiger partial charge is 0.358 e. The Morgan fingerprint density at radius 2 is 1.04 bits per heavy atom. The molecule has 12 rings (SSSR count). The SMILES string of the molecule is CN(C(=O)C1=NOCc2cc(-c3ccc(F)cc3)ccc21)[C@H](CN1CCCC1)[C@H](O)c1ccc(OC2CC2)c(F)c1.CN[C@H](CN1CCCC1)[C@H](O)c1ccc(OC2CC2)c(F)c1.I.O=C(O)C1=NOCc2cc(-c3ccc(F)cc3)ccc21. The summed E-state index contributed by atoms with van der Waals surface area (Å²) in [4.78, 5) is 41.4. The molecule has 0 bridgehead atoms. The average Bonchev–Trinajstić information content (AvgIpc) is 3.92. The molecule has 4 atom stereocenters. The molecule has 15 nitrogen and oxygen atoms in total. The lowest BCUT2D eigenvalue weighted by atomic mass is 9.95. The van der Waals surface area contributed by atoms with Gasteiger partial charge >= 0.3 is 5.97 Å². The summed E-state index contributed by atoms with van der Waals surface area (Å²) in [5.74, 6) is -2.59. The van der Waals surface area contributed by atoms with E-state index in [9.17, 15) is 37.4 Å². The third-order valence-electron chi connectivity index (χ3n) is 15.7. The van der Waals surface area contributed by atoms with E-state index in [0.717, 1.165) is 105 Å². The number of aliphatic hydroxyl groups is 2. The van der Waals surface area contributed by atoms with E-state index in [1.165, 1.54) is 54.1 Å². The third kappa shape index (κ3) is 15.5. The maximum atomic E-state index is 14.9. The van der Waals surface area contributed by atoms with Gasteiger partial charge in [-0.1, -0.05) is 71.0 Å². The summed E-state index contributed by atoms with van der Waals surface area (Å²) in [7, 11) is 3.47. The number of likely N-dealkylation sites (N-methyl/N-ethyl adjacent to an activating group) is 2. The van der Waals surface area contributed by atoms with Crippen molar-refractivity contribution in [3.63, 3.8) is 0 Å². The normalized spacial score (nSPS) is 17.7. The summed E-state index contributed by atoms with van der Waals surface area (Å²) in [6, 6.07) is 31.8. The second-order valence-corrected chi connectivity index (χ2v) is 21.8. The van der Waals surface area contributed by atoms with Gasteiger partial charge in [0.2, 0.25) is 0 Å². The van der Waals surface area contributed by atoms with Crippen LogP contribution in [-0.4, -0.2) is 131 Å². The van der Waals surface area contributed by atoms with Crippen molar-refractivity contribution < 1.29 is 61.6 Å². The number of aliphatic carboxylic acids is 1. The molecule has 0 spiro atoms. The Hall–Kier alpha value is -6.95. The zero-order valence-corrected chi connectivity index (χ0v) is 49.1. The number of carbonyl (C=O) groups excluding carboxylic acids is 1. The molecule has 2 saturated carbocycles. The van der Waals surface area contributed by atoms with Crippen molar-refractivity contribution >= 4 is 47.3 Å². The Morgan fingerprint density at radius 1 is 0.607 bits per heavy atom. The van der Waals surface area contributed by atoms with Crippen LogP contribution in [0.5, 0.6) is 11.5 Å². The number of carboxylic acids is 1. The van der Waals surface area contributed by atoms with Crippen LogP contribution >= 0.6 is 24.0 Å². The van der Waals surface area contributed by atoms with Crippen molar-refractivity contribution in [2.75, 3.05) is 53.4 Å². The number of fused-ring (bicyclic) bond motifs is 2. The molecule has 1 amide bonds. The van der Waals surface area contributed by atoms with Crippen LogP contribution in [0.3, 0.4) is 0 Å². The number of aliphatic hydroxyl groups excluding tert-OH is 2. The highest BCUT2D eigenvalue weighted by molar-refractivity contribution is 14.0. The van der Waals surface area contributed by atoms with E-state index in [-0.39, 0.29) is 90.1 Å². The van der Waals surface area contributed by atoms with E-state index in [1.807, 2.05) is 31.3 Å². The monoisotopic (exact) mass is 1270 g/mol. The minimum absolute atomic E-state index is 0. The molecule has 2 aliphatic carbocycles. The number of amides is 1. The molecule has 4 heterocycles. The molecule has 0 aromatic heterocycles. The molecular weight excluding hydrogens is 1200 g/mol. The van der Waals surface area contributed by atoms with Gasteiger partial charge in [-0.25, -0.2) is 22.4 Å². The number of carboxylic acid groups (broad SMARTS) is 1. The van der Waals surface area contributed by atoms with Gasteiger partial charge in [-0.05, 0) is 179 Å². The predicted octanol–water partition coefficient (Wildman–Crippen LogP) is 10.6. The van der Waals surface area contributed by atoms with Gasteiger partial charge in [-0.15, -0.1) is 24.0 Å². The zero-order valence-electron chi connectivity index (χ0n) is 46.8. The van der Waals surface area contributed by atoms with E-state index in [1.54, 1.807) is 67.7 Å². The van der Waals surface area contributed by atoms with Crippen LogP contribution in [-0.2, 0) is 32.5 Å². The minimum atomic E-state index is -1.14. The van der Waals surface area contributed by atoms with E-state index in [2.05, 4.69) is 25.4 Å². The van der Waals surface area contributed by atoms with Gasteiger partial charge in [0.25, 0.3) is 5.91 Å². The molecule has 444 valence electrons. The molecule has 4 aliphatic heterocycles. The third-order valence-corrected chi connectivity index (χ3v) is 15.7. The maximum Gasteiger partial charge on any atom is 0.358 e. The number of ether oxygens (including phenoxy) is 2. The summed E-state index contributed by atoms with van der Waals surface area (Å²) in [6.07, 6.45) is 6.73. The molecule has 0 radical (unpaired) electrons. The molecule has 4 fully saturated rings. The number of benzene rings is 6. The van der Waals surface area contributed by atoms with Gasteiger partial charge < -0.3 is 54.5 Å². The molecule has 6 aliphatic rings. The fraction of sp³-hybridized carbons (Fsp3) is 0.375. The van der Waals surface area contributed by atoms with Gasteiger partial charge in [0.15, 0.2) is 34.6 Å². The van der Waals surface area contributed by atoms with Crippen molar-refractivity contribution in [1.29, 1.82) is 0 Å². The Kier molecular flexibility index (Phi) is 20.7. The number of oxime groups is 2. The minimum Gasteiger partial charge on any atom is -0.487 e. The van der Waals surface area contributed by atoms with Gasteiger partial charge in [0.05, 0.1) is 24.4 Å². The number of hydrogen-bond acceptors (Lipinski definition) is 13. The van der Waals surface area contributed by atoms with Crippen LogP contribution in [0.1, 0.15) is 97.0 Å². The van der Waals surface area contributed by atoms with E-state index in [4.69, 9.17) is 24.3 Å². The first-order chi connectivity index (χ1) is 40.2. The number of carbonyl (C=O) groups is 2. The van der Waals surface area contributed by atoms with Crippen molar-refractivity contribution in [3.8, 4) is 33.8 Å². The average molecular weight is 1270 g/mol. The molecule has 6 aromatic rings. The van der Waals surface area contributed by atoms with Crippen LogP contribution in [0.15, 0.2) is 132 Å². The lowest BCUT2D eigenvalue weighted by Crippen LogP contribution is -2.50. The topological polar surface area (TPSA) is 178 Å². The predicted molar refractivity (Wildman–Crippen MR) is 320 cm³/mol. The number of nitrogens with one attached hydrogen (secondary N) is 1. The van der Waals surface area contributed by atoms with Gasteiger partial charge in [0, 0.05) is 48.4 Å². The van der Waals surface area contributed by atoms with Crippen LogP contribution < -0.4 is 14.8 Å². The highest BCUT2D eigenvalue weighted by Crippen LogP contribution is 2.35. The molecule has 6 aromatic carbocycles. The Bertz CT molecular complexity index is 3320. The van der Waals surface area contributed by atoms with Crippen LogP contribution in [0.2, 0.25) is 0 Å². The van der Waals surface area contributed by atoms with Crippen molar-refractivity contribution in [3.05, 3.63) is 178 Å². The van der Waals surface area contributed by atoms with Gasteiger partial charge in [0.1, 0.15) is 31.0 Å². The molecule has 0 unspecified atom stereocenters. The lowest BCUT2D eigenvalue weighted by Gasteiger charge is -2.35. The maximum absolute atomic E-state index is 14.9. The fourth-order valence-electron chi connectivity index (χ4n) is 10.6. The molecular formula is C64H69F4IN6O9.